The number of benzene rings is 1. The lowest BCUT2D eigenvalue weighted by Crippen LogP contribution is -2.34. The molecule has 1 aromatic carbocycles. The number of anilines is 2. The van der Waals surface area contributed by atoms with Crippen LogP contribution in [0.25, 0.3) is 0 Å². The molecule has 3 N–H and O–H groups in total. The van der Waals surface area contributed by atoms with Gasteiger partial charge in [-0.25, -0.2) is 0 Å². The predicted octanol–water partition coefficient (Wildman–Crippen LogP) is 2.23. The van der Waals surface area contributed by atoms with Crippen LogP contribution in [0.15, 0.2) is 41.0 Å². The summed E-state index contributed by atoms with van der Waals surface area (Å²) in [5.74, 6) is -0.128. The highest BCUT2D eigenvalue weighted by Gasteiger charge is 2.19. The molecule has 0 saturated heterocycles. The maximum atomic E-state index is 12.6. The number of nitrogens with zero attached hydrogens (tertiary/aromatic N) is 1. The van der Waals surface area contributed by atoms with Crippen molar-refractivity contribution < 1.29 is 18.8 Å². The number of hydrogen-bond donors (Lipinski definition) is 3. The van der Waals surface area contributed by atoms with E-state index in [1.54, 1.807) is 30.5 Å². The number of carbonyl (C=O) groups is 3. The van der Waals surface area contributed by atoms with Crippen molar-refractivity contribution in [2.24, 2.45) is 0 Å². The van der Waals surface area contributed by atoms with E-state index in [1.807, 2.05) is 25.1 Å². The molecule has 0 spiro atoms. The fourth-order valence-corrected chi connectivity index (χ4v) is 2.62. The van der Waals surface area contributed by atoms with Gasteiger partial charge >= 0.3 is 0 Å². The van der Waals surface area contributed by atoms with Crippen LogP contribution in [0, 0.1) is 0 Å². The lowest BCUT2D eigenvalue weighted by molar-refractivity contribution is -0.115. The molecule has 8 heteroatoms. The fourth-order valence-electron chi connectivity index (χ4n) is 2.62. The van der Waals surface area contributed by atoms with Crippen molar-refractivity contribution in [1.82, 2.24) is 10.2 Å². The molecule has 2 aromatic rings. The molecule has 1 atom stereocenters. The fraction of sp³-hybridized carbons (Fsp3) is 0.316. The molecule has 0 radical (unpaired) electrons. The Kier molecular flexibility index (Phi) is 6.73. The molecule has 144 valence electrons. The van der Waals surface area contributed by atoms with Crippen LogP contribution in [-0.4, -0.2) is 43.3 Å². The Morgan fingerprint density at radius 2 is 1.63 bits per heavy atom. The largest absolute Gasteiger partial charge is 0.468 e. The summed E-state index contributed by atoms with van der Waals surface area (Å²) in [7, 11) is 3.79. The molecule has 1 aromatic heterocycles. The Labute approximate surface area is 157 Å². The number of furan rings is 1. The van der Waals surface area contributed by atoms with Gasteiger partial charge in [-0.15, -0.1) is 0 Å². The molecule has 0 aliphatic carbocycles. The van der Waals surface area contributed by atoms with Gasteiger partial charge in [-0.05, 0) is 44.4 Å². The van der Waals surface area contributed by atoms with Gasteiger partial charge in [0.05, 0.1) is 12.3 Å². The number of rotatable bonds is 7. The molecule has 8 nitrogen and oxygen atoms in total. The highest BCUT2D eigenvalue weighted by atomic mass is 16.3. The minimum absolute atomic E-state index is 0.128. The van der Waals surface area contributed by atoms with E-state index < -0.39 is 0 Å². The molecule has 0 bridgehead atoms. The normalized spacial score (nSPS) is 11.7. The second-order valence-electron chi connectivity index (χ2n) is 6.37. The third kappa shape index (κ3) is 5.96. The van der Waals surface area contributed by atoms with Crippen molar-refractivity contribution in [3.8, 4) is 0 Å². The second-order valence-corrected chi connectivity index (χ2v) is 6.37. The summed E-state index contributed by atoms with van der Waals surface area (Å²) in [5.41, 5.74) is 1.17. The van der Waals surface area contributed by atoms with Crippen molar-refractivity contribution in [3.63, 3.8) is 0 Å². The molecule has 1 heterocycles. The zero-order chi connectivity index (χ0) is 20.0. The van der Waals surface area contributed by atoms with Gasteiger partial charge in [-0.2, -0.15) is 0 Å². The summed E-state index contributed by atoms with van der Waals surface area (Å²) in [6, 6.07) is 8.22. The Balaban J connectivity index is 2.18. The third-order valence-electron chi connectivity index (χ3n) is 3.79. The zero-order valence-electron chi connectivity index (χ0n) is 15.8. The molecule has 27 heavy (non-hydrogen) atoms. The van der Waals surface area contributed by atoms with E-state index in [0.717, 1.165) is 5.76 Å². The molecule has 0 saturated carbocycles. The summed E-state index contributed by atoms with van der Waals surface area (Å²) in [6.45, 7) is 3.07. The first-order valence-electron chi connectivity index (χ1n) is 8.44. The smallest absolute Gasteiger partial charge is 0.251 e. The molecule has 1 unspecified atom stereocenters. The standard InChI is InChI=1S/C19H24N4O4/c1-12(24)21-15-8-14(9-16(10-15)22-13(2)25)19(26)20-11-17(23(3)4)18-6-5-7-27-18/h5-10,17H,11H2,1-4H3,(H,20,26)(H,21,24)(H,22,25). The van der Waals surface area contributed by atoms with Crippen LogP contribution in [0.5, 0.6) is 0 Å². The molecule has 3 amide bonds. The van der Waals surface area contributed by atoms with Crippen LogP contribution in [0.1, 0.15) is 36.0 Å². The Morgan fingerprint density at radius 3 is 2.07 bits per heavy atom. The van der Waals surface area contributed by atoms with Crippen LogP contribution in [0.4, 0.5) is 11.4 Å². The second kappa shape index (κ2) is 9.00. The summed E-state index contributed by atoms with van der Waals surface area (Å²) < 4.78 is 5.43. The van der Waals surface area contributed by atoms with E-state index in [2.05, 4.69) is 16.0 Å². The summed E-state index contributed by atoms with van der Waals surface area (Å²) in [4.78, 5) is 37.2. The van der Waals surface area contributed by atoms with Crippen molar-refractivity contribution in [2.75, 3.05) is 31.3 Å². The number of nitrogens with one attached hydrogen (secondary N) is 3. The van der Waals surface area contributed by atoms with Gasteiger partial charge < -0.3 is 20.4 Å². The third-order valence-corrected chi connectivity index (χ3v) is 3.79. The van der Waals surface area contributed by atoms with E-state index in [-0.39, 0.29) is 23.8 Å². The maximum absolute atomic E-state index is 12.6. The quantitative estimate of drug-likeness (QED) is 0.691. The molecular formula is C19H24N4O4. The molecule has 2 rings (SSSR count). The van der Waals surface area contributed by atoms with Gasteiger partial charge in [0.15, 0.2) is 0 Å². The summed E-state index contributed by atoms with van der Waals surface area (Å²) >= 11 is 0. The summed E-state index contributed by atoms with van der Waals surface area (Å²) in [5, 5.41) is 8.12. The van der Waals surface area contributed by atoms with Gasteiger partial charge in [-0.1, -0.05) is 0 Å². The lowest BCUT2D eigenvalue weighted by Gasteiger charge is -2.22. The van der Waals surface area contributed by atoms with Crippen LogP contribution in [0.2, 0.25) is 0 Å². The average Bonchev–Trinajstić information content (AvgIpc) is 3.07. The van der Waals surface area contributed by atoms with Gasteiger partial charge in [0.25, 0.3) is 5.91 Å². The molecule has 0 aliphatic rings. The van der Waals surface area contributed by atoms with Crippen molar-refractivity contribution in [1.29, 1.82) is 0 Å². The minimum atomic E-state index is -0.327. The lowest BCUT2D eigenvalue weighted by atomic mass is 10.1. The number of amides is 3. The SMILES string of the molecule is CC(=O)Nc1cc(NC(C)=O)cc(C(=O)NCC(c2ccco2)N(C)C)c1. The van der Waals surface area contributed by atoms with Crippen molar-refractivity contribution in [2.45, 2.75) is 19.9 Å². The molecular weight excluding hydrogens is 348 g/mol. The molecule has 0 fully saturated rings. The number of hydrogen-bond acceptors (Lipinski definition) is 5. The Bertz CT molecular complexity index is 781. The first-order valence-corrected chi connectivity index (χ1v) is 8.44. The highest BCUT2D eigenvalue weighted by molar-refractivity contribution is 5.99. The van der Waals surface area contributed by atoms with E-state index in [9.17, 15) is 14.4 Å². The van der Waals surface area contributed by atoms with Crippen LogP contribution in [-0.2, 0) is 9.59 Å². The van der Waals surface area contributed by atoms with Gasteiger partial charge in [0, 0.05) is 37.3 Å². The highest BCUT2D eigenvalue weighted by Crippen LogP contribution is 2.21. The zero-order valence-corrected chi connectivity index (χ0v) is 15.8. The Hall–Kier alpha value is -3.13. The van der Waals surface area contributed by atoms with E-state index in [4.69, 9.17) is 4.42 Å². The first kappa shape index (κ1) is 20.2. The van der Waals surface area contributed by atoms with Crippen molar-refractivity contribution in [3.05, 3.63) is 47.9 Å². The predicted molar refractivity (Wildman–Crippen MR) is 103 cm³/mol. The van der Waals surface area contributed by atoms with E-state index >= 15 is 0 Å². The Morgan fingerprint density at radius 1 is 1.04 bits per heavy atom. The van der Waals surface area contributed by atoms with Crippen molar-refractivity contribution >= 4 is 29.1 Å². The van der Waals surface area contributed by atoms with Crippen LogP contribution in [0.3, 0.4) is 0 Å². The molecule has 0 aliphatic heterocycles. The minimum Gasteiger partial charge on any atom is -0.468 e. The first-order chi connectivity index (χ1) is 12.8. The summed E-state index contributed by atoms with van der Waals surface area (Å²) in [6.07, 6.45) is 1.59. The maximum Gasteiger partial charge on any atom is 0.251 e. The topological polar surface area (TPSA) is 104 Å². The number of likely N-dealkylation sites (N-methyl/N-ethyl adjacent to an activating group) is 1. The van der Waals surface area contributed by atoms with Gasteiger partial charge in [-0.3, -0.25) is 19.3 Å². The van der Waals surface area contributed by atoms with E-state index in [0.29, 0.717) is 23.5 Å². The average molecular weight is 372 g/mol. The van der Waals surface area contributed by atoms with Gasteiger partial charge in [0.2, 0.25) is 11.8 Å². The monoisotopic (exact) mass is 372 g/mol. The van der Waals surface area contributed by atoms with Gasteiger partial charge in [0.1, 0.15) is 5.76 Å². The van der Waals surface area contributed by atoms with Crippen LogP contribution < -0.4 is 16.0 Å². The van der Waals surface area contributed by atoms with E-state index in [1.165, 1.54) is 13.8 Å². The number of carbonyl (C=O) groups excluding carboxylic acids is 3. The van der Waals surface area contributed by atoms with Crippen LogP contribution >= 0.6 is 0 Å².